The van der Waals surface area contributed by atoms with Crippen LogP contribution in [0, 0.1) is 10.8 Å². The van der Waals surface area contributed by atoms with Crippen molar-refractivity contribution in [3.05, 3.63) is 0 Å². The van der Waals surface area contributed by atoms with Gasteiger partial charge in [0.15, 0.2) is 10.3 Å². The Morgan fingerprint density at radius 1 is 0.897 bits per heavy atom. The van der Waals surface area contributed by atoms with Gasteiger partial charge in [-0.2, -0.15) is 0 Å². The van der Waals surface area contributed by atoms with Crippen LogP contribution >= 0.6 is 11.8 Å². The lowest BCUT2D eigenvalue weighted by Gasteiger charge is -2.38. The molecular weight excluding hydrogens is 392 g/mol. The fourth-order valence-corrected chi connectivity index (χ4v) is 4.61. The molecule has 0 aromatic carbocycles. The highest BCUT2D eigenvalue weighted by atomic mass is 32.2. The summed E-state index contributed by atoms with van der Waals surface area (Å²) in [5.41, 5.74) is 0. The molecule has 0 radical (unpaired) electrons. The van der Waals surface area contributed by atoms with Gasteiger partial charge in [-0.1, -0.05) is 0 Å². The largest absolute Gasteiger partial charge is 0.446 e. The van der Waals surface area contributed by atoms with E-state index in [1.165, 1.54) is 11.8 Å². The lowest BCUT2D eigenvalue weighted by atomic mass is 10.1. The van der Waals surface area contributed by atoms with Crippen molar-refractivity contribution in [2.24, 2.45) is 0 Å². The molecule has 0 spiro atoms. The summed E-state index contributed by atoms with van der Waals surface area (Å²) in [6.45, 7) is 11.7. The first-order valence-electron chi connectivity index (χ1n) is 10.6. The van der Waals surface area contributed by atoms with Gasteiger partial charge in [0.2, 0.25) is 0 Å². The van der Waals surface area contributed by atoms with Crippen molar-refractivity contribution in [2.75, 3.05) is 65.6 Å². The van der Waals surface area contributed by atoms with Crippen LogP contribution in [0.2, 0.25) is 0 Å². The number of hydrogen-bond donors (Lipinski definition) is 2. The third-order valence-electron chi connectivity index (χ3n) is 5.79. The standard InChI is InChI=1S/C19H34N6O3S/c1-15(2)22-7-9-25(10-8-22)19(26)28-16-3-5-23(6-4-16)17(20)29-18(21)24-11-13-27-14-12-24/h15-16,20-21H,3-14H2,1-2H3. The Hall–Kier alpha value is -1.52. The highest BCUT2D eigenvalue weighted by molar-refractivity contribution is 8.26. The Morgan fingerprint density at radius 2 is 1.45 bits per heavy atom. The van der Waals surface area contributed by atoms with Crippen LogP contribution in [0.15, 0.2) is 0 Å². The molecule has 3 aliphatic heterocycles. The molecule has 0 aromatic heterocycles. The van der Waals surface area contributed by atoms with Gasteiger partial charge in [-0.25, -0.2) is 4.79 Å². The van der Waals surface area contributed by atoms with Gasteiger partial charge in [0.25, 0.3) is 0 Å². The molecular formula is C19H34N6O3S. The predicted molar refractivity (Wildman–Crippen MR) is 115 cm³/mol. The molecule has 3 fully saturated rings. The minimum Gasteiger partial charge on any atom is -0.446 e. The number of likely N-dealkylation sites (tertiary alicyclic amines) is 1. The van der Waals surface area contributed by atoms with Crippen LogP contribution in [-0.4, -0.2) is 114 Å². The van der Waals surface area contributed by atoms with Gasteiger partial charge in [0.1, 0.15) is 6.10 Å². The summed E-state index contributed by atoms with van der Waals surface area (Å²) in [4.78, 5) is 20.6. The monoisotopic (exact) mass is 426 g/mol. The number of nitrogens with one attached hydrogen (secondary N) is 2. The van der Waals surface area contributed by atoms with E-state index in [1.807, 2.05) is 14.7 Å². The van der Waals surface area contributed by atoms with Crippen LogP contribution in [0.4, 0.5) is 4.79 Å². The Kier molecular flexibility index (Phi) is 8.02. The van der Waals surface area contributed by atoms with Gasteiger partial charge in [-0.3, -0.25) is 15.7 Å². The third kappa shape index (κ3) is 6.23. The Bertz CT molecular complexity index is 582. The van der Waals surface area contributed by atoms with Crippen LogP contribution in [0.3, 0.4) is 0 Å². The summed E-state index contributed by atoms with van der Waals surface area (Å²) >= 11 is 1.20. The summed E-state index contributed by atoms with van der Waals surface area (Å²) in [7, 11) is 0. The Labute approximate surface area is 177 Å². The lowest BCUT2D eigenvalue weighted by molar-refractivity contribution is 0.0243. The average Bonchev–Trinajstić information content (AvgIpc) is 2.74. The zero-order chi connectivity index (χ0) is 20.8. The number of ether oxygens (including phenoxy) is 2. The summed E-state index contributed by atoms with van der Waals surface area (Å²) in [6.07, 6.45) is 1.17. The molecule has 9 nitrogen and oxygen atoms in total. The van der Waals surface area contributed by atoms with E-state index in [9.17, 15) is 4.79 Å². The van der Waals surface area contributed by atoms with Crippen molar-refractivity contribution in [1.82, 2.24) is 19.6 Å². The van der Waals surface area contributed by atoms with E-state index in [0.717, 1.165) is 39.0 Å². The molecule has 1 amide bonds. The number of piperidine rings is 1. The molecule has 0 bridgehead atoms. The second kappa shape index (κ2) is 10.5. The second-order valence-corrected chi connectivity index (χ2v) is 8.98. The first-order chi connectivity index (χ1) is 13.9. The fourth-order valence-electron chi connectivity index (χ4n) is 3.80. The molecule has 0 saturated carbocycles. The topological polar surface area (TPSA) is 96.2 Å². The van der Waals surface area contributed by atoms with Crippen molar-refractivity contribution >= 4 is 28.2 Å². The highest BCUT2D eigenvalue weighted by Gasteiger charge is 2.29. The highest BCUT2D eigenvalue weighted by Crippen LogP contribution is 2.20. The summed E-state index contributed by atoms with van der Waals surface area (Å²) in [6, 6.07) is 0.510. The number of piperazine rings is 1. The number of hydrogen-bond acceptors (Lipinski definition) is 7. The maximum absolute atomic E-state index is 12.5. The number of rotatable bonds is 2. The molecule has 10 heteroatoms. The van der Waals surface area contributed by atoms with E-state index in [4.69, 9.17) is 20.3 Å². The van der Waals surface area contributed by atoms with Gasteiger partial charge in [0.05, 0.1) is 13.2 Å². The van der Waals surface area contributed by atoms with Crippen LogP contribution < -0.4 is 0 Å². The van der Waals surface area contributed by atoms with Gasteiger partial charge in [-0.15, -0.1) is 0 Å². The minimum absolute atomic E-state index is 0.0848. The van der Waals surface area contributed by atoms with Crippen molar-refractivity contribution in [3.8, 4) is 0 Å². The molecule has 29 heavy (non-hydrogen) atoms. The van der Waals surface area contributed by atoms with Crippen LogP contribution in [0.25, 0.3) is 0 Å². The van der Waals surface area contributed by atoms with Crippen LogP contribution in [-0.2, 0) is 9.47 Å². The van der Waals surface area contributed by atoms with Gasteiger partial charge in [0, 0.05) is 71.2 Å². The summed E-state index contributed by atoms with van der Waals surface area (Å²) in [5.74, 6) is 0. The molecule has 0 aromatic rings. The van der Waals surface area contributed by atoms with E-state index >= 15 is 0 Å². The third-order valence-corrected chi connectivity index (χ3v) is 6.69. The smallest absolute Gasteiger partial charge is 0.410 e. The van der Waals surface area contributed by atoms with Gasteiger partial charge in [-0.05, 0) is 25.6 Å². The first-order valence-corrected chi connectivity index (χ1v) is 11.4. The Morgan fingerprint density at radius 3 is 2.00 bits per heavy atom. The molecule has 2 N–H and O–H groups in total. The lowest BCUT2D eigenvalue weighted by Crippen LogP contribution is -2.51. The SMILES string of the molecule is CC(C)N1CCN(C(=O)OC2CCN(C(=N)SC(=N)N3CCOCC3)CC2)CC1. The molecule has 0 atom stereocenters. The van der Waals surface area contributed by atoms with E-state index < -0.39 is 0 Å². The van der Waals surface area contributed by atoms with Crippen molar-refractivity contribution < 1.29 is 14.3 Å². The quantitative estimate of drug-likeness (QED) is 0.511. The molecule has 3 saturated heterocycles. The van der Waals surface area contributed by atoms with Crippen LogP contribution in [0.5, 0.6) is 0 Å². The zero-order valence-electron chi connectivity index (χ0n) is 17.6. The van der Waals surface area contributed by atoms with E-state index in [1.54, 1.807) is 0 Å². The number of thioether (sulfide) groups is 1. The molecule has 3 rings (SSSR count). The van der Waals surface area contributed by atoms with Crippen molar-refractivity contribution in [2.45, 2.75) is 38.8 Å². The normalized spacial score (nSPS) is 22.1. The van der Waals surface area contributed by atoms with Crippen molar-refractivity contribution in [3.63, 3.8) is 0 Å². The van der Waals surface area contributed by atoms with E-state index in [-0.39, 0.29) is 12.2 Å². The van der Waals surface area contributed by atoms with E-state index in [0.29, 0.717) is 55.8 Å². The second-order valence-electron chi connectivity index (χ2n) is 8.00. The number of carbonyl (C=O) groups is 1. The number of carbonyl (C=O) groups excluding carboxylic acids is 1. The zero-order valence-corrected chi connectivity index (χ0v) is 18.4. The Balaban J connectivity index is 1.36. The molecule has 0 aliphatic carbocycles. The average molecular weight is 427 g/mol. The fraction of sp³-hybridized carbons (Fsp3) is 0.842. The number of nitrogens with zero attached hydrogens (tertiary/aromatic N) is 4. The number of morpholine rings is 1. The summed E-state index contributed by atoms with van der Waals surface area (Å²) in [5, 5.41) is 17.3. The molecule has 3 aliphatic rings. The molecule has 3 heterocycles. The predicted octanol–water partition coefficient (Wildman–Crippen LogP) is 1.55. The van der Waals surface area contributed by atoms with Crippen molar-refractivity contribution in [1.29, 1.82) is 10.8 Å². The maximum Gasteiger partial charge on any atom is 0.410 e. The number of amides is 1. The van der Waals surface area contributed by atoms with E-state index in [2.05, 4.69) is 18.7 Å². The summed E-state index contributed by atoms with van der Waals surface area (Å²) < 4.78 is 11.0. The molecule has 0 unspecified atom stereocenters. The molecule has 164 valence electrons. The first kappa shape index (κ1) is 22.2. The van der Waals surface area contributed by atoms with Crippen LogP contribution in [0.1, 0.15) is 26.7 Å². The minimum atomic E-state index is -0.203. The maximum atomic E-state index is 12.5. The van der Waals surface area contributed by atoms with Gasteiger partial charge < -0.3 is 24.2 Å². The van der Waals surface area contributed by atoms with Gasteiger partial charge >= 0.3 is 6.09 Å². The number of amidine groups is 2.